The van der Waals surface area contributed by atoms with Gasteiger partial charge in [0.1, 0.15) is 0 Å². The molecule has 2 bridgehead atoms. The highest BCUT2D eigenvalue weighted by molar-refractivity contribution is 6.43. The minimum Gasteiger partial charge on any atom is -0.346 e. The molecule has 2 aromatic rings. The maximum atomic E-state index is 12.9. The topological polar surface area (TPSA) is 64.0 Å². The van der Waals surface area contributed by atoms with E-state index in [1.807, 2.05) is 44.2 Å². The molecular weight excluding hydrogens is 338 g/mol. The zero-order valence-corrected chi connectivity index (χ0v) is 16.2. The molecule has 0 aliphatic heterocycles. The van der Waals surface area contributed by atoms with Gasteiger partial charge >= 0.3 is 0 Å². The summed E-state index contributed by atoms with van der Waals surface area (Å²) in [7, 11) is 0. The van der Waals surface area contributed by atoms with Crippen LogP contribution in [0.2, 0.25) is 0 Å². The third-order valence-electron chi connectivity index (χ3n) is 6.52. The van der Waals surface area contributed by atoms with Gasteiger partial charge in [-0.1, -0.05) is 24.6 Å². The van der Waals surface area contributed by atoms with Crippen LogP contribution in [-0.4, -0.2) is 27.5 Å². The zero-order chi connectivity index (χ0) is 19.1. The standard InChI is InChI=1S/C22H27N3O2/c1-13(19-12-16-9-10-17(19)11-16)23-22(27)21(26)20-14(2)24-25(15(20)3)18-7-5-4-6-8-18/h4-8,13,16-17,19H,9-12H2,1-3H3,(H,23,27). The quantitative estimate of drug-likeness (QED) is 0.650. The number of hydrogen-bond donors (Lipinski definition) is 1. The molecule has 27 heavy (non-hydrogen) atoms. The van der Waals surface area contributed by atoms with E-state index in [-0.39, 0.29) is 6.04 Å². The maximum absolute atomic E-state index is 12.9. The highest BCUT2D eigenvalue weighted by atomic mass is 16.2. The lowest BCUT2D eigenvalue weighted by Crippen LogP contribution is -2.43. The Kier molecular flexibility index (Phi) is 4.62. The van der Waals surface area contributed by atoms with Gasteiger partial charge in [-0.15, -0.1) is 0 Å². The number of aryl methyl sites for hydroxylation is 1. The van der Waals surface area contributed by atoms with Crippen LogP contribution in [-0.2, 0) is 4.79 Å². The minimum absolute atomic E-state index is 0.0431. The number of benzene rings is 1. The second-order valence-electron chi connectivity index (χ2n) is 8.22. The number of para-hydroxylation sites is 1. The molecule has 2 aliphatic rings. The highest BCUT2D eigenvalue weighted by Crippen LogP contribution is 2.49. The number of carbonyl (C=O) groups is 2. The van der Waals surface area contributed by atoms with Crippen molar-refractivity contribution in [3.63, 3.8) is 0 Å². The minimum atomic E-state index is -0.510. The summed E-state index contributed by atoms with van der Waals surface area (Å²) in [6, 6.07) is 9.71. The van der Waals surface area contributed by atoms with E-state index < -0.39 is 11.7 Å². The van der Waals surface area contributed by atoms with E-state index in [1.165, 1.54) is 25.7 Å². The average molecular weight is 365 g/mol. The van der Waals surface area contributed by atoms with Crippen LogP contribution in [0, 0.1) is 31.6 Å². The predicted octanol–water partition coefficient (Wildman–Crippen LogP) is 3.61. The van der Waals surface area contributed by atoms with Gasteiger partial charge in [0, 0.05) is 6.04 Å². The van der Waals surface area contributed by atoms with Crippen molar-refractivity contribution in [2.45, 2.75) is 52.5 Å². The van der Waals surface area contributed by atoms with E-state index >= 15 is 0 Å². The molecule has 1 N–H and O–H groups in total. The number of fused-ring (bicyclic) bond motifs is 2. The monoisotopic (exact) mass is 365 g/mol. The molecule has 1 amide bonds. The summed E-state index contributed by atoms with van der Waals surface area (Å²) in [5, 5.41) is 7.47. The van der Waals surface area contributed by atoms with Gasteiger partial charge in [0.05, 0.1) is 22.6 Å². The Labute approximate surface area is 160 Å². The molecule has 4 unspecified atom stereocenters. The van der Waals surface area contributed by atoms with Gasteiger partial charge in [0.25, 0.3) is 11.7 Å². The summed E-state index contributed by atoms with van der Waals surface area (Å²) in [6.45, 7) is 5.67. The van der Waals surface area contributed by atoms with Gasteiger partial charge in [-0.25, -0.2) is 4.68 Å². The molecule has 0 spiro atoms. The van der Waals surface area contributed by atoms with Crippen molar-refractivity contribution in [2.75, 3.05) is 0 Å². The number of nitrogens with zero attached hydrogens (tertiary/aromatic N) is 2. The lowest BCUT2D eigenvalue weighted by molar-refractivity contribution is -0.118. The highest BCUT2D eigenvalue weighted by Gasteiger charge is 2.42. The van der Waals surface area contributed by atoms with Gasteiger partial charge in [0.15, 0.2) is 0 Å². The smallest absolute Gasteiger partial charge is 0.292 e. The largest absolute Gasteiger partial charge is 0.346 e. The van der Waals surface area contributed by atoms with Gasteiger partial charge < -0.3 is 5.32 Å². The van der Waals surface area contributed by atoms with Crippen molar-refractivity contribution in [3.8, 4) is 5.69 Å². The van der Waals surface area contributed by atoms with Crippen LogP contribution in [0.5, 0.6) is 0 Å². The van der Waals surface area contributed by atoms with Crippen molar-refractivity contribution in [2.24, 2.45) is 17.8 Å². The Morgan fingerprint density at radius 1 is 1.15 bits per heavy atom. The maximum Gasteiger partial charge on any atom is 0.292 e. The third-order valence-corrected chi connectivity index (χ3v) is 6.52. The number of ketones is 1. The summed E-state index contributed by atoms with van der Waals surface area (Å²) in [4.78, 5) is 25.5. The van der Waals surface area contributed by atoms with Gasteiger partial charge in [-0.2, -0.15) is 5.10 Å². The molecule has 4 rings (SSSR count). The normalized spacial score (nSPS) is 24.8. The summed E-state index contributed by atoms with van der Waals surface area (Å²) in [5.41, 5.74) is 2.58. The molecule has 1 aromatic carbocycles. The molecule has 4 atom stereocenters. The van der Waals surface area contributed by atoms with Crippen LogP contribution in [0.4, 0.5) is 0 Å². The summed E-state index contributed by atoms with van der Waals surface area (Å²) < 4.78 is 1.73. The van der Waals surface area contributed by atoms with Crippen molar-refractivity contribution in [3.05, 3.63) is 47.3 Å². The van der Waals surface area contributed by atoms with Crippen molar-refractivity contribution >= 4 is 11.7 Å². The zero-order valence-electron chi connectivity index (χ0n) is 16.2. The van der Waals surface area contributed by atoms with E-state index in [9.17, 15) is 9.59 Å². The van der Waals surface area contributed by atoms with Crippen LogP contribution in [0.1, 0.15) is 54.4 Å². The SMILES string of the molecule is Cc1nn(-c2ccccc2)c(C)c1C(=O)C(=O)NC(C)C1CC2CCC1C2. The summed E-state index contributed by atoms with van der Waals surface area (Å²) >= 11 is 0. The van der Waals surface area contributed by atoms with E-state index in [1.54, 1.807) is 11.6 Å². The Balaban J connectivity index is 1.51. The number of aromatic nitrogens is 2. The van der Waals surface area contributed by atoms with Crippen molar-refractivity contribution in [1.29, 1.82) is 0 Å². The third kappa shape index (κ3) is 3.20. The first-order valence-electron chi connectivity index (χ1n) is 9.92. The van der Waals surface area contributed by atoms with Crippen LogP contribution < -0.4 is 5.32 Å². The fraction of sp³-hybridized carbons (Fsp3) is 0.500. The second kappa shape index (κ2) is 6.95. The fourth-order valence-corrected chi connectivity index (χ4v) is 5.19. The Bertz CT molecular complexity index is 871. The first-order chi connectivity index (χ1) is 13.0. The second-order valence-corrected chi connectivity index (χ2v) is 8.22. The van der Waals surface area contributed by atoms with Crippen LogP contribution in [0.3, 0.4) is 0 Å². The van der Waals surface area contributed by atoms with Crippen LogP contribution in [0.25, 0.3) is 5.69 Å². The number of Topliss-reactive ketones (excluding diaryl/α,β-unsaturated/α-hetero) is 1. The molecule has 5 heteroatoms. The van der Waals surface area contributed by atoms with E-state index in [0.29, 0.717) is 28.8 Å². The first-order valence-corrected chi connectivity index (χ1v) is 9.92. The summed E-state index contributed by atoms with van der Waals surface area (Å²) in [6.07, 6.45) is 5.08. The molecule has 1 aromatic heterocycles. The molecule has 142 valence electrons. The van der Waals surface area contributed by atoms with E-state index in [0.717, 1.165) is 11.6 Å². The lowest BCUT2D eigenvalue weighted by Gasteiger charge is -2.28. The molecule has 2 fully saturated rings. The molecule has 0 saturated heterocycles. The van der Waals surface area contributed by atoms with Crippen LogP contribution >= 0.6 is 0 Å². The average Bonchev–Trinajstić information content (AvgIpc) is 3.36. The van der Waals surface area contributed by atoms with Gasteiger partial charge in [0.2, 0.25) is 0 Å². The predicted molar refractivity (Wildman–Crippen MR) is 104 cm³/mol. The fourth-order valence-electron chi connectivity index (χ4n) is 5.19. The first kappa shape index (κ1) is 18.0. The van der Waals surface area contributed by atoms with Crippen molar-refractivity contribution in [1.82, 2.24) is 15.1 Å². The van der Waals surface area contributed by atoms with Gasteiger partial charge in [-0.05, 0) is 69.9 Å². The Hall–Kier alpha value is -2.43. The number of nitrogens with one attached hydrogen (secondary N) is 1. The van der Waals surface area contributed by atoms with E-state index in [4.69, 9.17) is 0 Å². The molecule has 1 heterocycles. The Morgan fingerprint density at radius 2 is 1.89 bits per heavy atom. The number of rotatable bonds is 5. The number of amides is 1. The van der Waals surface area contributed by atoms with Gasteiger partial charge in [-0.3, -0.25) is 9.59 Å². The molecule has 2 aliphatic carbocycles. The Morgan fingerprint density at radius 3 is 2.52 bits per heavy atom. The summed E-state index contributed by atoms with van der Waals surface area (Å²) in [5.74, 6) is 1.05. The lowest BCUT2D eigenvalue weighted by atomic mass is 9.84. The molecule has 2 saturated carbocycles. The molecule has 0 radical (unpaired) electrons. The molecular formula is C22H27N3O2. The van der Waals surface area contributed by atoms with Crippen LogP contribution in [0.15, 0.2) is 30.3 Å². The van der Waals surface area contributed by atoms with E-state index in [2.05, 4.69) is 10.4 Å². The van der Waals surface area contributed by atoms with Crippen molar-refractivity contribution < 1.29 is 9.59 Å². The molecule has 5 nitrogen and oxygen atoms in total. The number of carbonyl (C=O) groups excluding carboxylic acids is 2. The number of hydrogen-bond acceptors (Lipinski definition) is 3.